The number of hydrogen-bond donors (Lipinski definition) is 1. The number of halogens is 3. The minimum Gasteiger partial charge on any atom is -0.336 e. The number of thioether (sulfide) groups is 1. The predicted octanol–water partition coefficient (Wildman–Crippen LogP) is 4.61. The van der Waals surface area contributed by atoms with Crippen molar-refractivity contribution in [3.8, 4) is 0 Å². The van der Waals surface area contributed by atoms with Crippen LogP contribution in [-0.2, 0) is 0 Å². The van der Waals surface area contributed by atoms with Gasteiger partial charge in [0.25, 0.3) is 5.91 Å². The highest BCUT2D eigenvalue weighted by Crippen LogP contribution is 2.38. The van der Waals surface area contributed by atoms with Crippen LogP contribution < -0.4 is 5.32 Å². The number of carbonyl (C=O) groups excluding carboxylic acids is 1. The molecule has 0 spiro atoms. The minimum atomic E-state index is -1.67. The van der Waals surface area contributed by atoms with E-state index in [-0.39, 0.29) is 5.91 Å². The maximum atomic E-state index is 12.3. The van der Waals surface area contributed by atoms with Crippen molar-refractivity contribution >= 4 is 52.5 Å². The van der Waals surface area contributed by atoms with Crippen LogP contribution in [0.4, 0.5) is 0 Å². The highest BCUT2D eigenvalue weighted by atomic mass is 35.6. The molecule has 2 aromatic rings. The van der Waals surface area contributed by atoms with Gasteiger partial charge in [-0.25, -0.2) is 4.98 Å². The molecule has 0 fully saturated rings. The molecule has 0 aliphatic carbocycles. The minimum absolute atomic E-state index is 0.302. The number of rotatable bonds is 4. The molecular formula is C15H13Cl3N2OS. The van der Waals surface area contributed by atoms with Crippen molar-refractivity contribution in [1.29, 1.82) is 0 Å². The fourth-order valence-corrected chi connectivity index (χ4v) is 3.09. The molecule has 0 bridgehead atoms. The fourth-order valence-electron chi connectivity index (χ4n) is 1.70. The Balaban J connectivity index is 2.15. The zero-order valence-electron chi connectivity index (χ0n) is 11.6. The number of hydrogen-bond acceptors (Lipinski definition) is 3. The van der Waals surface area contributed by atoms with Crippen LogP contribution in [0.3, 0.4) is 0 Å². The van der Waals surface area contributed by atoms with Crippen LogP contribution in [0.2, 0.25) is 0 Å². The summed E-state index contributed by atoms with van der Waals surface area (Å²) in [5, 5.41) is 2.63. The number of nitrogens with zero attached hydrogens (tertiary/aromatic N) is 1. The van der Waals surface area contributed by atoms with E-state index in [2.05, 4.69) is 10.3 Å². The van der Waals surface area contributed by atoms with E-state index in [1.807, 2.05) is 19.1 Å². The van der Waals surface area contributed by atoms with E-state index in [9.17, 15) is 4.79 Å². The van der Waals surface area contributed by atoms with E-state index in [0.29, 0.717) is 10.6 Å². The number of carbonyl (C=O) groups is 1. The van der Waals surface area contributed by atoms with Gasteiger partial charge >= 0.3 is 0 Å². The first kappa shape index (κ1) is 17.4. The third-order valence-corrected chi connectivity index (χ3v) is 4.95. The number of pyridine rings is 1. The zero-order chi connectivity index (χ0) is 16.2. The number of amides is 1. The van der Waals surface area contributed by atoms with Gasteiger partial charge in [0.1, 0.15) is 5.37 Å². The maximum Gasteiger partial charge on any atom is 0.252 e. The van der Waals surface area contributed by atoms with Gasteiger partial charge < -0.3 is 5.32 Å². The molecule has 7 heteroatoms. The first-order chi connectivity index (χ1) is 10.4. The lowest BCUT2D eigenvalue weighted by molar-refractivity contribution is 0.0950. The first-order valence-corrected chi connectivity index (χ1v) is 8.39. The van der Waals surface area contributed by atoms with Crippen molar-refractivity contribution in [3.05, 3.63) is 59.8 Å². The Kier molecular flexibility index (Phi) is 5.98. The molecule has 1 heterocycles. The first-order valence-electron chi connectivity index (χ1n) is 6.38. The Labute approximate surface area is 148 Å². The van der Waals surface area contributed by atoms with Gasteiger partial charge in [0.05, 0.1) is 5.03 Å². The van der Waals surface area contributed by atoms with E-state index in [1.54, 1.807) is 36.5 Å². The average molecular weight is 376 g/mol. The van der Waals surface area contributed by atoms with E-state index in [0.717, 1.165) is 5.56 Å². The van der Waals surface area contributed by atoms with E-state index >= 15 is 0 Å². The second-order valence-corrected chi connectivity index (χ2v) is 8.04. The highest BCUT2D eigenvalue weighted by Gasteiger charge is 2.35. The smallest absolute Gasteiger partial charge is 0.252 e. The number of benzene rings is 1. The Morgan fingerprint density at radius 3 is 2.59 bits per heavy atom. The van der Waals surface area contributed by atoms with Gasteiger partial charge in [0, 0.05) is 11.8 Å². The molecule has 1 unspecified atom stereocenters. The lowest BCUT2D eigenvalue weighted by Gasteiger charge is -2.24. The number of aromatic nitrogens is 1. The summed E-state index contributed by atoms with van der Waals surface area (Å²) in [6.07, 6.45) is 1.64. The summed E-state index contributed by atoms with van der Waals surface area (Å²) in [4.78, 5) is 16.5. The quantitative estimate of drug-likeness (QED) is 0.482. The lowest BCUT2D eigenvalue weighted by atomic mass is 10.1. The van der Waals surface area contributed by atoms with E-state index in [4.69, 9.17) is 34.8 Å². The number of nitrogens with one attached hydrogen (secondary N) is 1. The van der Waals surface area contributed by atoms with Crippen LogP contribution in [-0.4, -0.2) is 20.1 Å². The van der Waals surface area contributed by atoms with Crippen molar-refractivity contribution in [2.24, 2.45) is 0 Å². The zero-order valence-corrected chi connectivity index (χ0v) is 14.7. The molecular weight excluding hydrogens is 363 g/mol. The third-order valence-electron chi connectivity index (χ3n) is 2.72. The topological polar surface area (TPSA) is 42.0 Å². The van der Waals surface area contributed by atoms with Crippen molar-refractivity contribution in [2.75, 3.05) is 0 Å². The summed E-state index contributed by atoms with van der Waals surface area (Å²) in [5.74, 6) is -0.302. The van der Waals surface area contributed by atoms with Gasteiger partial charge in [-0.05, 0) is 31.2 Å². The monoisotopic (exact) mass is 374 g/mol. The van der Waals surface area contributed by atoms with Crippen molar-refractivity contribution in [1.82, 2.24) is 10.3 Å². The molecule has 3 nitrogen and oxygen atoms in total. The molecule has 22 heavy (non-hydrogen) atoms. The standard InChI is InChI=1S/C15H13Cl3N2OS/c1-10-5-4-6-11(9-10)13(21)20-14(15(16,17)18)22-12-7-2-3-8-19-12/h2-9,14H,1H3,(H,20,21). The Morgan fingerprint density at radius 1 is 1.23 bits per heavy atom. The largest absolute Gasteiger partial charge is 0.336 e. The maximum absolute atomic E-state index is 12.3. The molecule has 1 aromatic carbocycles. The molecule has 1 aromatic heterocycles. The molecule has 0 saturated heterocycles. The lowest BCUT2D eigenvalue weighted by Crippen LogP contribution is -2.41. The van der Waals surface area contributed by atoms with E-state index < -0.39 is 9.17 Å². The second-order valence-electron chi connectivity index (χ2n) is 4.55. The van der Waals surface area contributed by atoms with Crippen molar-refractivity contribution in [3.63, 3.8) is 0 Å². The molecule has 0 aliphatic heterocycles. The predicted molar refractivity (Wildman–Crippen MR) is 92.8 cm³/mol. The Bertz CT molecular complexity index is 647. The number of alkyl halides is 3. The summed E-state index contributed by atoms with van der Waals surface area (Å²) in [7, 11) is 0. The molecule has 0 radical (unpaired) electrons. The summed E-state index contributed by atoms with van der Waals surface area (Å²) in [6, 6.07) is 12.6. The van der Waals surface area contributed by atoms with Crippen molar-refractivity contribution < 1.29 is 4.79 Å². The molecule has 1 amide bonds. The molecule has 1 atom stereocenters. The van der Waals surface area contributed by atoms with E-state index in [1.165, 1.54) is 11.8 Å². The third kappa shape index (κ3) is 5.06. The summed E-state index contributed by atoms with van der Waals surface area (Å²) >= 11 is 19.1. The second kappa shape index (κ2) is 7.55. The Hall–Kier alpha value is -0.940. The molecule has 0 saturated carbocycles. The number of aryl methyl sites for hydroxylation is 1. The molecule has 2 rings (SSSR count). The van der Waals surface area contributed by atoms with Crippen LogP contribution in [0.15, 0.2) is 53.7 Å². The highest BCUT2D eigenvalue weighted by molar-refractivity contribution is 8.00. The van der Waals surface area contributed by atoms with Crippen LogP contribution in [0.1, 0.15) is 15.9 Å². The van der Waals surface area contributed by atoms with Crippen LogP contribution in [0, 0.1) is 6.92 Å². The van der Waals surface area contributed by atoms with Gasteiger partial charge in [-0.3, -0.25) is 4.79 Å². The molecule has 0 aliphatic rings. The Morgan fingerprint density at radius 2 is 2.00 bits per heavy atom. The normalized spacial score (nSPS) is 12.7. The SMILES string of the molecule is Cc1cccc(C(=O)NC(Sc2ccccn2)C(Cl)(Cl)Cl)c1. The summed E-state index contributed by atoms with van der Waals surface area (Å²) in [6.45, 7) is 1.91. The van der Waals surface area contributed by atoms with Crippen LogP contribution in [0.5, 0.6) is 0 Å². The summed E-state index contributed by atoms with van der Waals surface area (Å²) < 4.78 is -1.67. The van der Waals surface area contributed by atoms with Gasteiger partial charge in [0.2, 0.25) is 3.79 Å². The van der Waals surface area contributed by atoms with Gasteiger partial charge in [-0.2, -0.15) is 0 Å². The van der Waals surface area contributed by atoms with Gasteiger partial charge in [0.15, 0.2) is 0 Å². The van der Waals surface area contributed by atoms with Crippen molar-refractivity contribution in [2.45, 2.75) is 21.1 Å². The fraction of sp³-hybridized carbons (Fsp3) is 0.200. The summed E-state index contributed by atoms with van der Waals surface area (Å²) in [5.41, 5.74) is 1.50. The van der Waals surface area contributed by atoms with Gasteiger partial charge in [-0.1, -0.05) is 70.3 Å². The van der Waals surface area contributed by atoms with Crippen LogP contribution in [0.25, 0.3) is 0 Å². The average Bonchev–Trinajstić information content (AvgIpc) is 2.46. The van der Waals surface area contributed by atoms with Gasteiger partial charge in [-0.15, -0.1) is 0 Å². The molecule has 1 N–H and O–H groups in total. The van der Waals surface area contributed by atoms with Crippen LogP contribution >= 0.6 is 46.6 Å². The molecule has 116 valence electrons.